The summed E-state index contributed by atoms with van der Waals surface area (Å²) < 4.78 is 14.9. The van der Waals surface area contributed by atoms with Crippen LogP contribution in [0.1, 0.15) is 30.5 Å². The van der Waals surface area contributed by atoms with Crippen molar-refractivity contribution in [3.8, 4) is 0 Å². The summed E-state index contributed by atoms with van der Waals surface area (Å²) in [5.74, 6) is -0.225. The van der Waals surface area contributed by atoms with Crippen LogP contribution < -0.4 is 5.32 Å². The first-order chi connectivity index (χ1) is 9.65. The highest BCUT2D eigenvalue weighted by Crippen LogP contribution is 2.34. The quantitative estimate of drug-likeness (QED) is 0.763. The van der Waals surface area contributed by atoms with E-state index in [1.165, 1.54) is 6.07 Å². The molecule has 0 spiro atoms. The fraction of sp³-hybridized carbons (Fsp3) is 0.250. The molecule has 1 atom stereocenters. The highest BCUT2D eigenvalue weighted by molar-refractivity contribution is 9.10. The maximum absolute atomic E-state index is 14.1. The lowest BCUT2D eigenvalue weighted by Gasteiger charge is -2.21. The fourth-order valence-electron chi connectivity index (χ4n) is 2.13. The predicted octanol–water partition coefficient (Wildman–Crippen LogP) is 5.33. The molecule has 0 heterocycles. The van der Waals surface area contributed by atoms with Crippen molar-refractivity contribution in [1.82, 2.24) is 5.32 Å². The van der Waals surface area contributed by atoms with Crippen molar-refractivity contribution in [2.45, 2.75) is 19.4 Å². The van der Waals surface area contributed by atoms with Crippen molar-refractivity contribution in [2.24, 2.45) is 0 Å². The van der Waals surface area contributed by atoms with Crippen LogP contribution in [0.3, 0.4) is 0 Å². The summed E-state index contributed by atoms with van der Waals surface area (Å²) in [4.78, 5) is 0. The zero-order valence-corrected chi connectivity index (χ0v) is 13.5. The normalized spacial score (nSPS) is 12.4. The van der Waals surface area contributed by atoms with Gasteiger partial charge in [-0.1, -0.05) is 48.9 Å². The van der Waals surface area contributed by atoms with Crippen LogP contribution >= 0.6 is 27.5 Å². The third-order valence-corrected chi connectivity index (χ3v) is 4.42. The van der Waals surface area contributed by atoms with E-state index in [1.807, 2.05) is 24.3 Å². The molecular formula is C16H16BrClFN. The van der Waals surface area contributed by atoms with Gasteiger partial charge in [0.15, 0.2) is 0 Å². The molecule has 1 nitrogen and oxygen atoms in total. The highest BCUT2D eigenvalue weighted by atomic mass is 79.9. The van der Waals surface area contributed by atoms with E-state index in [2.05, 4.69) is 28.2 Å². The molecule has 1 unspecified atom stereocenters. The van der Waals surface area contributed by atoms with E-state index in [1.54, 1.807) is 12.1 Å². The van der Waals surface area contributed by atoms with E-state index in [-0.39, 0.29) is 11.9 Å². The third kappa shape index (κ3) is 3.40. The average molecular weight is 357 g/mol. The molecule has 0 bridgehead atoms. The molecular weight excluding hydrogens is 341 g/mol. The van der Waals surface area contributed by atoms with Gasteiger partial charge in [-0.25, -0.2) is 4.39 Å². The first kappa shape index (κ1) is 15.5. The Kier molecular flexibility index (Phi) is 5.58. The zero-order valence-electron chi connectivity index (χ0n) is 11.2. The van der Waals surface area contributed by atoms with Crippen molar-refractivity contribution < 1.29 is 4.39 Å². The van der Waals surface area contributed by atoms with Crippen LogP contribution in [0.5, 0.6) is 0 Å². The van der Waals surface area contributed by atoms with Crippen molar-refractivity contribution in [2.75, 3.05) is 6.54 Å². The number of hydrogen-bond donors (Lipinski definition) is 1. The summed E-state index contributed by atoms with van der Waals surface area (Å²) in [5.41, 5.74) is 1.49. The second-order valence-electron chi connectivity index (χ2n) is 4.55. The number of halogens is 3. The smallest absolute Gasteiger partial charge is 0.128 e. The Bertz CT molecular complexity index is 588. The third-order valence-electron chi connectivity index (χ3n) is 3.11. The molecule has 0 amide bonds. The summed E-state index contributed by atoms with van der Waals surface area (Å²) >= 11 is 9.78. The summed E-state index contributed by atoms with van der Waals surface area (Å²) in [5, 5.41) is 3.98. The first-order valence-corrected chi connectivity index (χ1v) is 7.74. The van der Waals surface area contributed by atoms with E-state index < -0.39 is 0 Å². The molecule has 0 aliphatic heterocycles. The molecule has 0 aliphatic carbocycles. The summed E-state index contributed by atoms with van der Waals surface area (Å²) in [6.45, 7) is 2.87. The molecule has 0 radical (unpaired) electrons. The van der Waals surface area contributed by atoms with Gasteiger partial charge in [0.25, 0.3) is 0 Å². The van der Waals surface area contributed by atoms with Crippen LogP contribution in [-0.4, -0.2) is 6.54 Å². The fourth-order valence-corrected chi connectivity index (χ4v) is 2.75. The van der Waals surface area contributed by atoms with Crippen molar-refractivity contribution in [3.05, 3.63) is 68.9 Å². The van der Waals surface area contributed by atoms with Gasteiger partial charge in [0.1, 0.15) is 5.82 Å². The summed E-state index contributed by atoms with van der Waals surface area (Å²) in [6.07, 6.45) is 0.969. The van der Waals surface area contributed by atoms with Gasteiger partial charge in [-0.15, -0.1) is 0 Å². The Balaban J connectivity index is 2.47. The van der Waals surface area contributed by atoms with E-state index in [9.17, 15) is 4.39 Å². The van der Waals surface area contributed by atoms with Crippen LogP contribution in [0.15, 0.2) is 46.9 Å². The minimum absolute atomic E-state index is 0.225. The standard InChI is InChI=1S/C16H16BrClFN/c1-2-10-20-16(11-6-3-4-9-14(11)19)12-7-5-8-13(17)15(12)18/h3-9,16,20H,2,10H2,1H3. The zero-order chi connectivity index (χ0) is 14.5. The second-order valence-corrected chi connectivity index (χ2v) is 5.78. The number of nitrogens with one attached hydrogen (secondary N) is 1. The van der Waals surface area contributed by atoms with Crippen molar-refractivity contribution >= 4 is 27.5 Å². The van der Waals surface area contributed by atoms with E-state index >= 15 is 0 Å². The second kappa shape index (κ2) is 7.21. The Hall–Kier alpha value is -0.900. The molecule has 0 aromatic heterocycles. The Labute approximate surface area is 132 Å². The van der Waals surface area contributed by atoms with Gasteiger partial charge < -0.3 is 5.32 Å². The van der Waals surface area contributed by atoms with E-state index in [0.717, 1.165) is 23.0 Å². The molecule has 0 saturated heterocycles. The Morgan fingerprint density at radius 1 is 1.15 bits per heavy atom. The Morgan fingerprint density at radius 2 is 1.85 bits per heavy atom. The molecule has 2 aromatic carbocycles. The minimum Gasteiger partial charge on any atom is -0.306 e. The number of hydrogen-bond acceptors (Lipinski definition) is 1. The van der Waals surface area contributed by atoms with Gasteiger partial charge in [0, 0.05) is 10.0 Å². The Morgan fingerprint density at radius 3 is 2.55 bits per heavy atom. The summed E-state index contributed by atoms with van der Waals surface area (Å²) in [6, 6.07) is 12.3. The monoisotopic (exact) mass is 355 g/mol. The number of benzene rings is 2. The molecule has 106 valence electrons. The average Bonchev–Trinajstić information content (AvgIpc) is 2.45. The topological polar surface area (TPSA) is 12.0 Å². The lowest BCUT2D eigenvalue weighted by atomic mass is 9.98. The van der Waals surface area contributed by atoms with Gasteiger partial charge in [-0.2, -0.15) is 0 Å². The van der Waals surface area contributed by atoms with Crippen LogP contribution in [0.4, 0.5) is 4.39 Å². The van der Waals surface area contributed by atoms with Gasteiger partial charge in [0.05, 0.1) is 11.1 Å². The molecule has 0 aliphatic rings. The lowest BCUT2D eigenvalue weighted by Crippen LogP contribution is -2.24. The molecule has 4 heteroatoms. The van der Waals surface area contributed by atoms with Crippen molar-refractivity contribution in [3.63, 3.8) is 0 Å². The molecule has 0 fully saturated rings. The minimum atomic E-state index is -0.249. The molecule has 0 saturated carbocycles. The molecule has 2 rings (SSSR count). The van der Waals surface area contributed by atoms with E-state index in [0.29, 0.717) is 10.6 Å². The van der Waals surface area contributed by atoms with Gasteiger partial charge >= 0.3 is 0 Å². The van der Waals surface area contributed by atoms with Crippen LogP contribution in [0, 0.1) is 5.82 Å². The molecule has 1 N–H and O–H groups in total. The maximum atomic E-state index is 14.1. The number of rotatable bonds is 5. The van der Waals surface area contributed by atoms with E-state index in [4.69, 9.17) is 11.6 Å². The summed E-state index contributed by atoms with van der Waals surface area (Å²) in [7, 11) is 0. The molecule has 20 heavy (non-hydrogen) atoms. The maximum Gasteiger partial charge on any atom is 0.128 e. The van der Waals surface area contributed by atoms with Crippen LogP contribution in [-0.2, 0) is 0 Å². The van der Waals surface area contributed by atoms with Crippen molar-refractivity contribution in [1.29, 1.82) is 0 Å². The molecule has 2 aromatic rings. The SMILES string of the molecule is CCCNC(c1ccccc1F)c1cccc(Br)c1Cl. The predicted molar refractivity (Wildman–Crippen MR) is 85.7 cm³/mol. The van der Waals surface area contributed by atoms with Crippen LogP contribution in [0.2, 0.25) is 5.02 Å². The largest absolute Gasteiger partial charge is 0.306 e. The van der Waals surface area contributed by atoms with Gasteiger partial charge in [-0.05, 0) is 46.6 Å². The van der Waals surface area contributed by atoms with Crippen LogP contribution in [0.25, 0.3) is 0 Å². The first-order valence-electron chi connectivity index (χ1n) is 6.56. The highest BCUT2D eigenvalue weighted by Gasteiger charge is 2.20. The van der Waals surface area contributed by atoms with Gasteiger partial charge in [-0.3, -0.25) is 0 Å². The lowest BCUT2D eigenvalue weighted by molar-refractivity contribution is 0.547. The van der Waals surface area contributed by atoms with Gasteiger partial charge in [0.2, 0.25) is 0 Å².